The molecule has 7 rings (SSSR count). The lowest BCUT2D eigenvalue weighted by molar-refractivity contribution is -0.183. The number of aliphatic hydroxyl groups excluding tert-OH is 1. The van der Waals surface area contributed by atoms with E-state index in [1.165, 1.54) is 13.3 Å². The minimum absolute atomic E-state index is 0.0856. The molecule has 2 bridgehead atoms. The van der Waals surface area contributed by atoms with Crippen LogP contribution in [0.3, 0.4) is 0 Å². The first-order valence-electron chi connectivity index (χ1n) is 12.9. The molecule has 3 aromatic rings. The summed E-state index contributed by atoms with van der Waals surface area (Å²) >= 11 is 0. The van der Waals surface area contributed by atoms with Crippen molar-refractivity contribution in [3.05, 3.63) is 47.5 Å². The Morgan fingerprint density at radius 2 is 2.08 bits per heavy atom. The third kappa shape index (κ3) is 4.34. The fourth-order valence-electron chi connectivity index (χ4n) is 5.90. The van der Waals surface area contributed by atoms with Gasteiger partial charge in [0.2, 0.25) is 11.8 Å². The predicted molar refractivity (Wildman–Crippen MR) is 135 cm³/mol. The summed E-state index contributed by atoms with van der Waals surface area (Å²) in [6.45, 7) is 2.59. The van der Waals surface area contributed by atoms with E-state index in [-0.39, 0.29) is 30.6 Å². The molecular weight excluding hydrogens is 493 g/mol. The van der Waals surface area contributed by atoms with E-state index in [4.69, 9.17) is 14.2 Å². The number of nitrogens with zero attached hydrogens (tertiary/aromatic N) is 4. The zero-order valence-electron chi connectivity index (χ0n) is 21.3. The van der Waals surface area contributed by atoms with Crippen molar-refractivity contribution in [2.45, 2.75) is 62.9 Å². The molecule has 11 heteroatoms. The van der Waals surface area contributed by atoms with E-state index in [0.29, 0.717) is 34.9 Å². The predicted octanol–water partition coefficient (Wildman–Crippen LogP) is 3.14. The van der Waals surface area contributed by atoms with Crippen molar-refractivity contribution in [1.82, 2.24) is 19.9 Å². The van der Waals surface area contributed by atoms with E-state index in [1.807, 2.05) is 17.0 Å². The summed E-state index contributed by atoms with van der Waals surface area (Å²) in [5.74, 6) is -1.08. The Kier molecular flexibility index (Phi) is 6.37. The molecule has 3 fully saturated rings. The van der Waals surface area contributed by atoms with Gasteiger partial charge >= 0.3 is 5.97 Å². The van der Waals surface area contributed by atoms with Crippen LogP contribution in [0.25, 0.3) is 11.0 Å². The molecule has 1 aliphatic carbocycles. The molecule has 0 amide bonds. The number of esters is 1. The minimum atomic E-state index is -1.10. The number of halogens is 1. The normalized spacial score (nSPS) is 24.0. The van der Waals surface area contributed by atoms with Gasteiger partial charge < -0.3 is 24.6 Å². The van der Waals surface area contributed by atoms with Crippen molar-refractivity contribution >= 4 is 22.7 Å². The first-order valence-corrected chi connectivity index (χ1v) is 12.9. The van der Waals surface area contributed by atoms with E-state index in [0.717, 1.165) is 25.7 Å². The molecule has 4 aliphatic rings. The number of anilines is 1. The summed E-state index contributed by atoms with van der Waals surface area (Å²) in [4.78, 5) is 27.0. The molecule has 0 radical (unpaired) electrons. The average Bonchev–Trinajstić information content (AvgIpc) is 2.95. The summed E-state index contributed by atoms with van der Waals surface area (Å²) in [6.07, 6.45) is 3.77. The maximum absolute atomic E-state index is 15.3. The molecule has 2 unspecified atom stereocenters. The van der Waals surface area contributed by atoms with Crippen LogP contribution in [-0.2, 0) is 16.1 Å². The number of carbonyl (C=O) groups excluding carboxylic acids is 1. The number of hydrogen-bond donors (Lipinski definition) is 2. The van der Waals surface area contributed by atoms with Crippen LogP contribution in [0.15, 0.2) is 30.5 Å². The lowest BCUT2D eigenvalue weighted by atomic mass is 9.76. The molecule has 2 saturated heterocycles. The fraction of sp³-hybridized carbons (Fsp3) is 0.481. The van der Waals surface area contributed by atoms with E-state index in [9.17, 15) is 9.90 Å². The monoisotopic (exact) mass is 523 g/mol. The second kappa shape index (κ2) is 9.72. The molecular formula is C27H30FN5O5. The summed E-state index contributed by atoms with van der Waals surface area (Å²) < 4.78 is 32.0. The maximum Gasteiger partial charge on any atom is 0.332 e. The van der Waals surface area contributed by atoms with Crippen LogP contribution < -0.4 is 14.8 Å². The second-order valence-corrected chi connectivity index (χ2v) is 10.3. The molecule has 1 saturated carbocycles. The van der Waals surface area contributed by atoms with Crippen LogP contribution in [0.2, 0.25) is 0 Å². The molecule has 3 aliphatic heterocycles. The highest BCUT2D eigenvalue weighted by molar-refractivity contribution is 5.82. The van der Waals surface area contributed by atoms with Gasteiger partial charge in [0.15, 0.2) is 0 Å². The van der Waals surface area contributed by atoms with Crippen LogP contribution in [0.4, 0.5) is 10.1 Å². The summed E-state index contributed by atoms with van der Waals surface area (Å²) in [6, 6.07) is 7.05. The maximum atomic E-state index is 15.3. The SMILES string of the molecule is COc1ccc2ncc(F)c(C(C)C(O)N(Cc3ccc4c(n3)OC(=O)CN4)C34CCC(CC3)OC4)c2n1. The van der Waals surface area contributed by atoms with Gasteiger partial charge in [0.05, 0.1) is 48.4 Å². The molecule has 200 valence electrons. The molecule has 2 atom stereocenters. The van der Waals surface area contributed by atoms with Crippen LogP contribution in [0.1, 0.15) is 49.8 Å². The Bertz CT molecular complexity index is 1370. The van der Waals surface area contributed by atoms with Crippen LogP contribution >= 0.6 is 0 Å². The highest BCUT2D eigenvalue weighted by Crippen LogP contribution is 2.44. The van der Waals surface area contributed by atoms with Crippen molar-refractivity contribution in [3.63, 3.8) is 0 Å². The first-order chi connectivity index (χ1) is 18.4. The average molecular weight is 524 g/mol. The fourth-order valence-corrected chi connectivity index (χ4v) is 5.90. The molecule has 10 nitrogen and oxygen atoms in total. The number of methoxy groups -OCH3 is 1. The van der Waals surface area contributed by atoms with E-state index in [2.05, 4.69) is 20.3 Å². The van der Waals surface area contributed by atoms with Gasteiger partial charge in [0.1, 0.15) is 18.6 Å². The van der Waals surface area contributed by atoms with E-state index < -0.39 is 29.5 Å². The molecule has 3 aromatic heterocycles. The van der Waals surface area contributed by atoms with Crippen molar-refractivity contribution in [2.24, 2.45) is 0 Å². The number of pyridine rings is 3. The van der Waals surface area contributed by atoms with Crippen molar-refractivity contribution in [3.8, 4) is 11.8 Å². The van der Waals surface area contributed by atoms with Crippen LogP contribution in [0.5, 0.6) is 11.8 Å². The van der Waals surface area contributed by atoms with E-state index in [1.54, 1.807) is 19.1 Å². The Balaban J connectivity index is 1.39. The number of aromatic nitrogens is 3. The van der Waals surface area contributed by atoms with Gasteiger partial charge in [0, 0.05) is 29.6 Å². The van der Waals surface area contributed by atoms with E-state index >= 15 is 4.39 Å². The van der Waals surface area contributed by atoms with Crippen LogP contribution in [0, 0.1) is 5.82 Å². The molecule has 6 heterocycles. The largest absolute Gasteiger partial charge is 0.481 e. The smallest absolute Gasteiger partial charge is 0.332 e. The van der Waals surface area contributed by atoms with Gasteiger partial charge in [-0.1, -0.05) is 6.92 Å². The highest BCUT2D eigenvalue weighted by atomic mass is 19.1. The third-order valence-electron chi connectivity index (χ3n) is 8.05. The second-order valence-electron chi connectivity index (χ2n) is 10.3. The van der Waals surface area contributed by atoms with Crippen LogP contribution in [-0.4, -0.2) is 69.1 Å². The number of rotatable bonds is 7. The number of fused-ring (bicyclic) bond motifs is 5. The summed E-state index contributed by atoms with van der Waals surface area (Å²) in [5.41, 5.74) is 1.94. The van der Waals surface area contributed by atoms with Crippen molar-refractivity contribution < 1.29 is 28.5 Å². The first kappa shape index (κ1) is 24.9. The standard InChI is InChI=1S/C27H30FN5O5/c1-15(23-18(28)11-29-19-5-6-21(36-2)32-24(19)23)26(35)33(27-9-7-17(8-10-27)37-14-27)13-16-3-4-20-25(31-16)38-22(34)12-30-20/h3-6,11,15,17,26,30,35H,7-10,12-14H2,1-2H3. The highest BCUT2D eigenvalue weighted by Gasteiger charge is 2.49. The van der Waals surface area contributed by atoms with Gasteiger partial charge in [-0.05, 0) is 43.9 Å². The van der Waals surface area contributed by atoms with Gasteiger partial charge in [-0.3, -0.25) is 9.88 Å². The van der Waals surface area contributed by atoms with Crippen molar-refractivity contribution in [1.29, 1.82) is 0 Å². The summed E-state index contributed by atoms with van der Waals surface area (Å²) in [7, 11) is 1.50. The van der Waals surface area contributed by atoms with Gasteiger partial charge in [0.25, 0.3) is 0 Å². The number of carbonyl (C=O) groups is 1. The molecule has 38 heavy (non-hydrogen) atoms. The number of nitrogens with one attached hydrogen (secondary N) is 1. The number of ether oxygens (including phenoxy) is 3. The van der Waals surface area contributed by atoms with Gasteiger partial charge in [-0.25, -0.2) is 19.2 Å². The molecule has 2 N–H and O–H groups in total. The topological polar surface area (TPSA) is 119 Å². The Morgan fingerprint density at radius 1 is 1.26 bits per heavy atom. The lowest BCUT2D eigenvalue weighted by Crippen LogP contribution is -2.62. The van der Waals surface area contributed by atoms with Gasteiger partial charge in [-0.15, -0.1) is 0 Å². The van der Waals surface area contributed by atoms with Crippen molar-refractivity contribution in [2.75, 3.05) is 25.6 Å². The van der Waals surface area contributed by atoms with Gasteiger partial charge in [-0.2, -0.15) is 0 Å². The third-order valence-corrected chi connectivity index (χ3v) is 8.05. The summed E-state index contributed by atoms with van der Waals surface area (Å²) in [5, 5.41) is 14.9. The molecule has 0 spiro atoms. The lowest BCUT2D eigenvalue weighted by Gasteiger charge is -2.54. The Labute approximate surface area is 219 Å². The minimum Gasteiger partial charge on any atom is -0.481 e. The Morgan fingerprint density at radius 3 is 2.82 bits per heavy atom. The number of aliphatic hydroxyl groups is 1. The quantitative estimate of drug-likeness (QED) is 0.353. The zero-order valence-corrected chi connectivity index (χ0v) is 21.3. The zero-order chi connectivity index (χ0) is 26.4. The Hall–Kier alpha value is -3.41. The number of hydrogen-bond acceptors (Lipinski definition) is 10. The molecule has 0 aromatic carbocycles.